The van der Waals surface area contributed by atoms with Crippen molar-refractivity contribution in [3.05, 3.63) is 35.7 Å². The van der Waals surface area contributed by atoms with Gasteiger partial charge in [0, 0.05) is 13.1 Å². The number of nitrogens with zero attached hydrogens (tertiary/aromatic N) is 1. The first kappa shape index (κ1) is 16.5. The van der Waals surface area contributed by atoms with E-state index < -0.39 is 0 Å². The normalized spacial score (nSPS) is 14.3. The van der Waals surface area contributed by atoms with E-state index in [-0.39, 0.29) is 5.91 Å². The lowest BCUT2D eigenvalue weighted by Gasteiger charge is -2.13. The zero-order valence-electron chi connectivity index (χ0n) is 13.5. The Morgan fingerprint density at radius 2 is 2.18 bits per heavy atom. The molecule has 120 valence electrons. The molecule has 1 aliphatic rings. The second-order valence-electron chi connectivity index (χ2n) is 5.83. The maximum atomic E-state index is 12.0. The smallest absolute Gasteiger partial charge is 0.269 e. The van der Waals surface area contributed by atoms with E-state index in [0.29, 0.717) is 12.2 Å². The highest BCUT2D eigenvalue weighted by Gasteiger charge is 2.08. The molecule has 1 aromatic rings. The Morgan fingerprint density at radius 3 is 2.86 bits per heavy atom. The monoisotopic (exact) mass is 301 g/mol. The Balaban J connectivity index is 1.73. The van der Waals surface area contributed by atoms with Crippen molar-refractivity contribution in [2.24, 2.45) is 0 Å². The Bertz CT molecular complexity index is 494. The number of allylic oxidation sites excluding steroid dienone is 1. The van der Waals surface area contributed by atoms with Crippen LogP contribution in [0.2, 0.25) is 0 Å². The fourth-order valence-corrected chi connectivity index (χ4v) is 2.60. The molecule has 0 fully saturated rings. The van der Waals surface area contributed by atoms with Gasteiger partial charge in [0.1, 0.15) is 5.69 Å². The fraction of sp³-hybridized carbons (Fsp3) is 0.556. The molecule has 0 atom stereocenters. The molecule has 4 nitrogen and oxygen atoms in total. The minimum absolute atomic E-state index is 0.0866. The van der Waals surface area contributed by atoms with Gasteiger partial charge in [-0.2, -0.15) is 0 Å². The maximum absolute atomic E-state index is 12.0. The SMILES string of the molecule is CCCCNc1ccc(C(=O)NCCC2=CCCCC2)nc1. The van der Waals surface area contributed by atoms with Gasteiger partial charge in [-0.1, -0.05) is 25.0 Å². The van der Waals surface area contributed by atoms with E-state index in [1.54, 1.807) is 12.3 Å². The number of aromatic nitrogens is 1. The average Bonchev–Trinajstić information content (AvgIpc) is 2.56. The molecule has 4 heteroatoms. The van der Waals surface area contributed by atoms with Gasteiger partial charge in [-0.25, -0.2) is 4.98 Å². The van der Waals surface area contributed by atoms with Gasteiger partial charge in [0.25, 0.3) is 5.91 Å². The number of carbonyl (C=O) groups excluding carboxylic acids is 1. The number of anilines is 1. The Morgan fingerprint density at radius 1 is 1.27 bits per heavy atom. The van der Waals surface area contributed by atoms with Crippen LogP contribution in [0.1, 0.15) is 62.4 Å². The van der Waals surface area contributed by atoms with E-state index in [1.165, 1.54) is 31.3 Å². The number of amides is 1. The molecule has 1 aliphatic carbocycles. The van der Waals surface area contributed by atoms with Gasteiger partial charge in [0.2, 0.25) is 0 Å². The third kappa shape index (κ3) is 5.51. The summed E-state index contributed by atoms with van der Waals surface area (Å²) in [5, 5.41) is 6.25. The second kappa shape index (κ2) is 9.23. The van der Waals surface area contributed by atoms with E-state index in [0.717, 1.165) is 31.5 Å². The summed E-state index contributed by atoms with van der Waals surface area (Å²) < 4.78 is 0. The minimum Gasteiger partial charge on any atom is -0.384 e. The molecule has 0 unspecified atom stereocenters. The highest BCUT2D eigenvalue weighted by Crippen LogP contribution is 2.19. The van der Waals surface area contributed by atoms with E-state index in [2.05, 4.69) is 28.6 Å². The summed E-state index contributed by atoms with van der Waals surface area (Å²) in [6, 6.07) is 3.70. The third-order valence-electron chi connectivity index (χ3n) is 3.97. The molecule has 2 rings (SSSR count). The van der Waals surface area contributed by atoms with E-state index >= 15 is 0 Å². The van der Waals surface area contributed by atoms with Crippen LogP contribution in [0.25, 0.3) is 0 Å². The van der Waals surface area contributed by atoms with Crippen molar-refractivity contribution in [3.63, 3.8) is 0 Å². The summed E-state index contributed by atoms with van der Waals surface area (Å²) >= 11 is 0. The summed E-state index contributed by atoms with van der Waals surface area (Å²) in [5.74, 6) is -0.0866. The van der Waals surface area contributed by atoms with Crippen molar-refractivity contribution >= 4 is 11.6 Å². The van der Waals surface area contributed by atoms with Crippen LogP contribution in [0.3, 0.4) is 0 Å². The zero-order valence-corrected chi connectivity index (χ0v) is 13.5. The van der Waals surface area contributed by atoms with Crippen LogP contribution >= 0.6 is 0 Å². The van der Waals surface area contributed by atoms with Crippen LogP contribution in [0.4, 0.5) is 5.69 Å². The molecule has 1 heterocycles. The number of rotatable bonds is 8. The molecule has 1 amide bonds. The molecule has 1 aromatic heterocycles. The molecule has 0 saturated heterocycles. The number of hydrogen-bond acceptors (Lipinski definition) is 3. The first-order valence-electron chi connectivity index (χ1n) is 8.45. The van der Waals surface area contributed by atoms with E-state index in [1.807, 2.05) is 6.07 Å². The third-order valence-corrected chi connectivity index (χ3v) is 3.97. The molecular weight excluding hydrogens is 274 g/mol. The number of nitrogens with one attached hydrogen (secondary N) is 2. The topological polar surface area (TPSA) is 54.0 Å². The van der Waals surface area contributed by atoms with Crippen LogP contribution in [0, 0.1) is 0 Å². The lowest BCUT2D eigenvalue weighted by Crippen LogP contribution is -2.25. The van der Waals surface area contributed by atoms with Crippen LogP contribution in [0.15, 0.2) is 30.0 Å². The van der Waals surface area contributed by atoms with Crippen molar-refractivity contribution in [2.45, 2.75) is 51.9 Å². The molecule has 0 saturated carbocycles. The lowest BCUT2D eigenvalue weighted by molar-refractivity contribution is 0.0949. The largest absolute Gasteiger partial charge is 0.384 e. The maximum Gasteiger partial charge on any atom is 0.269 e. The van der Waals surface area contributed by atoms with Gasteiger partial charge in [-0.05, 0) is 50.7 Å². The number of pyridine rings is 1. The van der Waals surface area contributed by atoms with Crippen LogP contribution in [-0.4, -0.2) is 24.0 Å². The number of hydrogen-bond donors (Lipinski definition) is 2. The summed E-state index contributed by atoms with van der Waals surface area (Å²) in [6.45, 7) is 3.80. The molecule has 0 radical (unpaired) electrons. The standard InChI is InChI=1S/C18H27N3O/c1-2-3-12-19-16-9-10-17(21-14-16)18(22)20-13-11-15-7-5-4-6-8-15/h7,9-10,14,19H,2-6,8,11-13H2,1H3,(H,20,22). The molecule has 22 heavy (non-hydrogen) atoms. The summed E-state index contributed by atoms with van der Waals surface area (Å²) in [6.07, 6.45) is 12.3. The van der Waals surface area contributed by atoms with Crippen LogP contribution in [-0.2, 0) is 0 Å². The quantitative estimate of drug-likeness (QED) is 0.565. The Kier molecular flexibility index (Phi) is 6.94. The Hall–Kier alpha value is -1.84. The van der Waals surface area contributed by atoms with Gasteiger partial charge in [-0.3, -0.25) is 4.79 Å². The van der Waals surface area contributed by atoms with E-state index in [9.17, 15) is 4.79 Å². The second-order valence-corrected chi connectivity index (χ2v) is 5.83. The van der Waals surface area contributed by atoms with E-state index in [4.69, 9.17) is 0 Å². The Labute approximate surface area is 133 Å². The summed E-state index contributed by atoms with van der Waals surface area (Å²) in [5.41, 5.74) is 2.94. The van der Waals surface area contributed by atoms with Crippen molar-refractivity contribution in [1.29, 1.82) is 0 Å². The predicted octanol–water partition coefficient (Wildman–Crippen LogP) is 3.91. The summed E-state index contributed by atoms with van der Waals surface area (Å²) in [4.78, 5) is 16.3. The van der Waals surface area contributed by atoms with Gasteiger partial charge in [-0.15, -0.1) is 0 Å². The van der Waals surface area contributed by atoms with Crippen LogP contribution < -0.4 is 10.6 Å². The summed E-state index contributed by atoms with van der Waals surface area (Å²) in [7, 11) is 0. The highest BCUT2D eigenvalue weighted by molar-refractivity contribution is 5.92. The first-order valence-corrected chi connectivity index (χ1v) is 8.45. The van der Waals surface area contributed by atoms with Crippen molar-refractivity contribution in [1.82, 2.24) is 10.3 Å². The van der Waals surface area contributed by atoms with Crippen molar-refractivity contribution in [3.8, 4) is 0 Å². The highest BCUT2D eigenvalue weighted by atomic mass is 16.1. The predicted molar refractivity (Wildman–Crippen MR) is 91.1 cm³/mol. The molecule has 2 N–H and O–H groups in total. The van der Waals surface area contributed by atoms with Crippen LogP contribution in [0.5, 0.6) is 0 Å². The molecule has 0 aromatic carbocycles. The van der Waals surface area contributed by atoms with Gasteiger partial charge in [0.05, 0.1) is 11.9 Å². The molecular formula is C18H27N3O. The van der Waals surface area contributed by atoms with Gasteiger partial charge in [0.15, 0.2) is 0 Å². The zero-order chi connectivity index (χ0) is 15.6. The average molecular weight is 301 g/mol. The van der Waals surface area contributed by atoms with Gasteiger partial charge >= 0.3 is 0 Å². The van der Waals surface area contributed by atoms with Gasteiger partial charge < -0.3 is 10.6 Å². The molecule has 0 spiro atoms. The number of unbranched alkanes of at least 4 members (excludes halogenated alkanes) is 1. The van der Waals surface area contributed by atoms with Crippen molar-refractivity contribution in [2.75, 3.05) is 18.4 Å². The molecule has 0 bridgehead atoms. The lowest BCUT2D eigenvalue weighted by atomic mass is 9.97. The van der Waals surface area contributed by atoms with Crippen molar-refractivity contribution < 1.29 is 4.79 Å². The number of carbonyl (C=O) groups is 1. The first-order chi connectivity index (χ1) is 10.8. The molecule has 0 aliphatic heterocycles. The minimum atomic E-state index is -0.0866. The fourth-order valence-electron chi connectivity index (χ4n) is 2.60.